The van der Waals surface area contributed by atoms with Crippen LogP contribution in [-0.4, -0.2) is 98.4 Å². The van der Waals surface area contributed by atoms with Gasteiger partial charge < -0.3 is 13.8 Å². The smallest absolute Gasteiger partial charge is 0.410 e. The summed E-state index contributed by atoms with van der Waals surface area (Å²) in [6, 6.07) is 19.5. The highest BCUT2D eigenvalue weighted by atomic mass is 32.2. The molecule has 2 aromatic heterocycles. The van der Waals surface area contributed by atoms with Gasteiger partial charge in [-0.1, -0.05) is 36.4 Å². The summed E-state index contributed by atoms with van der Waals surface area (Å²) < 4.78 is 67.6. The molecule has 14 heteroatoms. The number of rotatable bonds is 10. The van der Waals surface area contributed by atoms with E-state index in [1.165, 1.54) is 16.6 Å². The highest BCUT2D eigenvalue weighted by molar-refractivity contribution is 7.89. The van der Waals surface area contributed by atoms with Crippen LogP contribution in [0.15, 0.2) is 107 Å². The van der Waals surface area contributed by atoms with E-state index < -0.39 is 31.8 Å². The summed E-state index contributed by atoms with van der Waals surface area (Å²) in [5.41, 5.74) is 0.185. The lowest BCUT2D eigenvalue weighted by molar-refractivity contribution is 0.0133. The van der Waals surface area contributed by atoms with Gasteiger partial charge in [-0.3, -0.25) is 14.9 Å². The quantitative estimate of drug-likeness (QED) is 0.173. The summed E-state index contributed by atoms with van der Waals surface area (Å²) in [7, 11) is -6.55. The van der Waals surface area contributed by atoms with E-state index in [1.807, 2.05) is 26.8 Å². The fraction of sp³-hybridized carbons (Fsp3) is 0.324. The Bertz CT molecular complexity index is 2240. The van der Waals surface area contributed by atoms with Crippen LogP contribution < -0.4 is 4.18 Å². The number of piperazine rings is 1. The highest BCUT2D eigenvalue weighted by Crippen LogP contribution is 2.29. The maximum Gasteiger partial charge on any atom is 0.410 e. The maximum atomic E-state index is 14.3. The van der Waals surface area contributed by atoms with Crippen LogP contribution in [0.4, 0.5) is 4.79 Å². The van der Waals surface area contributed by atoms with Crippen LogP contribution in [-0.2, 0) is 31.3 Å². The van der Waals surface area contributed by atoms with Crippen molar-refractivity contribution in [3.8, 4) is 5.75 Å². The van der Waals surface area contributed by atoms with Crippen LogP contribution in [0.2, 0.25) is 0 Å². The largest absolute Gasteiger partial charge is 0.444 e. The maximum absolute atomic E-state index is 14.3. The number of nitrogens with zero attached hydrogens (tertiary/aromatic N) is 5. The molecule has 12 nitrogen and oxygen atoms in total. The number of likely N-dealkylation sites (N-methyl/N-ethyl adjacent to an activating group) is 1. The number of sulfonamides is 1. The number of carbonyl (C=O) groups is 1. The molecule has 1 unspecified atom stereocenters. The summed E-state index contributed by atoms with van der Waals surface area (Å²) >= 11 is 0. The van der Waals surface area contributed by atoms with Crippen LogP contribution in [0.5, 0.6) is 5.75 Å². The van der Waals surface area contributed by atoms with Gasteiger partial charge in [-0.2, -0.15) is 12.7 Å². The molecule has 1 saturated heterocycles. The van der Waals surface area contributed by atoms with Crippen LogP contribution in [0.25, 0.3) is 21.5 Å². The van der Waals surface area contributed by atoms with E-state index in [0.29, 0.717) is 60.7 Å². The van der Waals surface area contributed by atoms with Crippen LogP contribution in [0.1, 0.15) is 26.3 Å². The zero-order valence-electron chi connectivity index (χ0n) is 29.0. The highest BCUT2D eigenvalue weighted by Gasteiger charge is 2.33. The lowest BCUT2D eigenvalue weighted by atomic mass is 10.0. The molecule has 0 N–H and O–H groups in total. The van der Waals surface area contributed by atoms with Gasteiger partial charge in [0.15, 0.2) is 0 Å². The minimum absolute atomic E-state index is 0.0364. The number of carbonyl (C=O) groups excluding carboxylic acids is 1. The average molecular weight is 732 g/mol. The predicted octanol–water partition coefficient (Wildman–Crippen LogP) is 5.34. The van der Waals surface area contributed by atoms with E-state index in [2.05, 4.69) is 14.9 Å². The van der Waals surface area contributed by atoms with E-state index in [-0.39, 0.29) is 21.6 Å². The summed E-state index contributed by atoms with van der Waals surface area (Å²) in [5, 5.41) is 2.47. The van der Waals surface area contributed by atoms with E-state index in [9.17, 15) is 21.6 Å². The summed E-state index contributed by atoms with van der Waals surface area (Å²) in [6.45, 7) is 7.85. The van der Waals surface area contributed by atoms with Gasteiger partial charge in [0.1, 0.15) is 16.2 Å². The number of fused-ring (bicyclic) bond motifs is 2. The lowest BCUT2D eigenvalue weighted by Crippen LogP contribution is -2.54. The van der Waals surface area contributed by atoms with E-state index in [1.54, 1.807) is 91.2 Å². The zero-order valence-corrected chi connectivity index (χ0v) is 30.6. The molecule has 5 aromatic rings. The molecule has 6 rings (SSSR count). The molecule has 1 fully saturated rings. The van der Waals surface area contributed by atoms with Crippen molar-refractivity contribution in [2.24, 2.45) is 0 Å². The Morgan fingerprint density at radius 2 is 1.37 bits per heavy atom. The first kappa shape index (κ1) is 36.2. The average Bonchev–Trinajstić information content (AvgIpc) is 3.10. The Hall–Kier alpha value is -4.63. The zero-order chi connectivity index (χ0) is 36.4. The van der Waals surface area contributed by atoms with Crippen molar-refractivity contribution in [1.29, 1.82) is 0 Å². The number of aromatic nitrogens is 2. The fourth-order valence-electron chi connectivity index (χ4n) is 6.15. The minimum atomic E-state index is -4.16. The SMILES string of the molecule is CN(C(Cc1ccc(OS(=O)(=O)c2cccc3cnccc23)cc1)CN1CCN(C(=O)OC(C)(C)C)CC1)S(=O)(=O)c1cccc2cnccc12. The molecule has 3 heterocycles. The van der Waals surface area contributed by atoms with Gasteiger partial charge in [-0.25, -0.2) is 13.2 Å². The Labute approximate surface area is 298 Å². The van der Waals surface area contributed by atoms with Crippen LogP contribution in [0.3, 0.4) is 0 Å². The first-order chi connectivity index (χ1) is 24.2. The van der Waals surface area contributed by atoms with E-state index in [0.717, 1.165) is 5.56 Å². The summed E-state index contributed by atoms with van der Waals surface area (Å²) in [4.78, 5) is 24.9. The van der Waals surface area contributed by atoms with Crippen molar-refractivity contribution >= 4 is 47.8 Å². The van der Waals surface area contributed by atoms with Crippen molar-refractivity contribution in [2.45, 2.75) is 48.6 Å². The number of pyridine rings is 2. The molecule has 1 atom stereocenters. The summed E-state index contributed by atoms with van der Waals surface area (Å²) in [6.07, 6.45) is 6.29. The topological polar surface area (TPSA) is 139 Å². The predicted molar refractivity (Wildman–Crippen MR) is 194 cm³/mol. The molecule has 0 bridgehead atoms. The molecule has 0 radical (unpaired) electrons. The Morgan fingerprint density at radius 1 is 0.804 bits per heavy atom. The van der Waals surface area contributed by atoms with Crippen molar-refractivity contribution in [3.63, 3.8) is 0 Å². The van der Waals surface area contributed by atoms with Gasteiger partial charge in [0.2, 0.25) is 10.0 Å². The molecule has 1 aliphatic heterocycles. The van der Waals surface area contributed by atoms with Gasteiger partial charge in [-0.15, -0.1) is 0 Å². The van der Waals surface area contributed by atoms with Gasteiger partial charge >= 0.3 is 16.2 Å². The normalized spacial score (nSPS) is 15.3. The first-order valence-electron chi connectivity index (χ1n) is 16.6. The molecule has 1 aliphatic rings. The Kier molecular flexibility index (Phi) is 10.3. The van der Waals surface area contributed by atoms with Gasteiger partial charge in [-0.05, 0) is 69.2 Å². The second-order valence-corrected chi connectivity index (χ2v) is 17.0. The van der Waals surface area contributed by atoms with E-state index >= 15 is 0 Å². The lowest BCUT2D eigenvalue weighted by Gasteiger charge is -2.38. The van der Waals surface area contributed by atoms with E-state index in [4.69, 9.17) is 8.92 Å². The molecule has 0 aliphatic carbocycles. The Morgan fingerprint density at radius 3 is 1.96 bits per heavy atom. The van der Waals surface area contributed by atoms with Crippen LogP contribution in [0, 0.1) is 0 Å². The first-order valence-corrected chi connectivity index (χ1v) is 19.4. The fourth-order valence-corrected chi connectivity index (χ4v) is 8.86. The third-order valence-electron chi connectivity index (χ3n) is 8.82. The molecular weight excluding hydrogens is 691 g/mol. The molecule has 0 saturated carbocycles. The minimum Gasteiger partial charge on any atom is -0.444 e. The third-order valence-corrected chi connectivity index (χ3v) is 12.1. The number of hydrogen-bond acceptors (Lipinski definition) is 10. The Balaban J connectivity index is 1.23. The van der Waals surface area contributed by atoms with Gasteiger partial charge in [0, 0.05) is 92.1 Å². The number of ether oxygens (including phenoxy) is 1. The molecule has 3 aromatic carbocycles. The second kappa shape index (κ2) is 14.5. The standard InChI is InChI=1S/C37H41N5O7S2/c1-37(2,3)48-36(43)42-21-19-41(20-22-42)26-30(40(4)50(44,45)34-9-5-7-28-24-38-17-15-32(28)34)23-27-11-13-31(14-12-27)49-51(46,47)35-10-6-8-29-25-39-18-16-33(29)35/h5-18,24-25,30H,19-23,26H2,1-4H3. The number of benzene rings is 3. The third kappa shape index (κ3) is 8.30. The van der Waals surface area contributed by atoms with Crippen molar-refractivity contribution in [1.82, 2.24) is 24.1 Å². The second-order valence-electron chi connectivity index (χ2n) is 13.5. The van der Waals surface area contributed by atoms with Crippen molar-refractivity contribution in [3.05, 3.63) is 103 Å². The molecule has 1 amide bonds. The van der Waals surface area contributed by atoms with Crippen LogP contribution >= 0.6 is 0 Å². The summed E-state index contributed by atoms with van der Waals surface area (Å²) in [5.74, 6) is 0.130. The number of hydrogen-bond donors (Lipinski definition) is 0. The van der Waals surface area contributed by atoms with Crippen molar-refractivity contribution < 1.29 is 30.6 Å². The molecule has 268 valence electrons. The number of amides is 1. The van der Waals surface area contributed by atoms with Gasteiger partial charge in [0.25, 0.3) is 0 Å². The monoisotopic (exact) mass is 731 g/mol. The molecular formula is C37H41N5O7S2. The van der Waals surface area contributed by atoms with Gasteiger partial charge in [0.05, 0.1) is 4.90 Å². The molecule has 51 heavy (non-hydrogen) atoms. The molecule has 0 spiro atoms. The van der Waals surface area contributed by atoms with Crippen molar-refractivity contribution in [2.75, 3.05) is 39.8 Å².